The summed E-state index contributed by atoms with van der Waals surface area (Å²) in [6.45, 7) is 1.81. The Kier molecular flexibility index (Phi) is 15.6. The molecule has 5 aromatic rings. The molecule has 8 nitrogen and oxygen atoms in total. The normalized spacial score (nSPS) is 18.9. The number of thioether (sulfide) groups is 1. The second-order valence-electron chi connectivity index (χ2n) is 13.1. The van der Waals surface area contributed by atoms with Crippen molar-refractivity contribution in [3.8, 4) is 17.2 Å². The average molecular weight is 763 g/mol. The first kappa shape index (κ1) is 40.1. The van der Waals surface area contributed by atoms with Crippen LogP contribution in [-0.2, 0) is 49.9 Å². The van der Waals surface area contributed by atoms with Gasteiger partial charge < -0.3 is 37.9 Å². The molecule has 9 heteroatoms. The highest BCUT2D eigenvalue weighted by molar-refractivity contribution is 8.02. The molecule has 0 bridgehead atoms. The van der Waals surface area contributed by atoms with Gasteiger partial charge in [0.15, 0.2) is 6.29 Å². The van der Waals surface area contributed by atoms with Crippen molar-refractivity contribution >= 4 is 11.8 Å². The molecule has 0 spiro atoms. The maximum Gasteiger partial charge on any atom is 0.183 e. The molecule has 1 aliphatic rings. The molecule has 4 atom stereocenters. The van der Waals surface area contributed by atoms with E-state index in [0.717, 1.165) is 57.2 Å². The first-order valence-electron chi connectivity index (χ1n) is 18.5. The molecule has 0 aliphatic carbocycles. The van der Waals surface area contributed by atoms with Crippen LogP contribution in [0.15, 0.2) is 149 Å². The summed E-state index contributed by atoms with van der Waals surface area (Å²) in [5, 5.41) is 2.11. The summed E-state index contributed by atoms with van der Waals surface area (Å²) in [7, 11) is 4.98. The molecule has 3 unspecified atom stereocenters. The maximum absolute atomic E-state index is 6.91. The van der Waals surface area contributed by atoms with Crippen LogP contribution in [0.25, 0.3) is 0 Å². The van der Waals surface area contributed by atoms with Crippen LogP contribution < -0.4 is 14.2 Å². The van der Waals surface area contributed by atoms with Crippen molar-refractivity contribution in [3.63, 3.8) is 0 Å². The van der Waals surface area contributed by atoms with Crippen LogP contribution >= 0.6 is 11.8 Å². The summed E-state index contributed by atoms with van der Waals surface area (Å²) in [4.78, 5) is 1.09. The fourth-order valence-electron chi connectivity index (χ4n) is 6.19. The Hall–Kier alpha value is -4.61. The molecular weight excluding hydrogens is 713 g/mol. The highest BCUT2D eigenvalue weighted by Crippen LogP contribution is 2.36. The first-order chi connectivity index (χ1) is 27.1. The molecule has 1 fully saturated rings. The van der Waals surface area contributed by atoms with Gasteiger partial charge in [0.1, 0.15) is 35.6 Å². The lowest BCUT2D eigenvalue weighted by Gasteiger charge is -2.43. The van der Waals surface area contributed by atoms with Gasteiger partial charge in [0, 0.05) is 10.5 Å². The number of hydrogen-bond acceptors (Lipinski definition) is 9. The van der Waals surface area contributed by atoms with Gasteiger partial charge in [0.25, 0.3) is 0 Å². The molecule has 0 aromatic heterocycles. The van der Waals surface area contributed by atoms with E-state index in [1.807, 2.05) is 97.1 Å². The largest absolute Gasteiger partial charge is 0.497 e. The van der Waals surface area contributed by atoms with Crippen LogP contribution in [0.4, 0.5) is 0 Å². The van der Waals surface area contributed by atoms with Crippen LogP contribution in [0.2, 0.25) is 0 Å². The van der Waals surface area contributed by atoms with Gasteiger partial charge in [-0.05, 0) is 89.0 Å². The number of rotatable bonds is 20. The average Bonchev–Trinajstić information content (AvgIpc) is 3.24. The Morgan fingerprint density at radius 1 is 0.564 bits per heavy atom. The fourth-order valence-corrected chi connectivity index (χ4v) is 7.03. The lowest BCUT2D eigenvalue weighted by atomic mass is 9.96. The van der Waals surface area contributed by atoms with Crippen LogP contribution in [0, 0.1) is 0 Å². The third-order valence-electron chi connectivity index (χ3n) is 9.26. The van der Waals surface area contributed by atoms with E-state index in [9.17, 15) is 0 Å². The zero-order chi connectivity index (χ0) is 38.1. The Balaban J connectivity index is 1.30. The van der Waals surface area contributed by atoms with E-state index in [1.165, 1.54) is 5.56 Å². The van der Waals surface area contributed by atoms with E-state index in [4.69, 9.17) is 37.9 Å². The highest BCUT2D eigenvalue weighted by Gasteiger charge is 2.45. The van der Waals surface area contributed by atoms with Crippen molar-refractivity contribution in [2.75, 3.05) is 34.5 Å². The van der Waals surface area contributed by atoms with E-state index < -0.39 is 24.6 Å². The standard InChI is InChI=1S/C46H50O8S/c1-47-38-22-16-35(17-23-38)29-50-32-43-45(53-31-37-20-26-40(49-3)27-21-37)44(52-30-36-18-24-39(48-2)25-19-36)42(33-55-41-14-8-5-9-15-41)46(54-43)51-28-10-13-34-11-6-4-7-12-34/h4-9,11-12,14-27,33,43-46H,10,13,28-32H2,1-3H3/b42-33-/t43?,44?,45?,46-/m0/s1. The number of ether oxygens (including phenoxy) is 8. The topological polar surface area (TPSA) is 73.8 Å². The first-order valence-corrected chi connectivity index (χ1v) is 19.4. The van der Waals surface area contributed by atoms with Crippen molar-refractivity contribution in [2.45, 2.75) is 62.2 Å². The van der Waals surface area contributed by atoms with Crippen LogP contribution in [0.5, 0.6) is 17.2 Å². The molecule has 55 heavy (non-hydrogen) atoms. The van der Waals surface area contributed by atoms with Gasteiger partial charge in [-0.2, -0.15) is 0 Å². The summed E-state index contributed by atoms with van der Waals surface area (Å²) in [5.41, 5.74) is 5.14. The fraction of sp³-hybridized carbons (Fsp3) is 0.304. The zero-order valence-corrected chi connectivity index (χ0v) is 32.5. The number of benzene rings is 5. The smallest absolute Gasteiger partial charge is 0.183 e. The van der Waals surface area contributed by atoms with Crippen LogP contribution in [0.3, 0.4) is 0 Å². The summed E-state index contributed by atoms with van der Waals surface area (Å²) in [6, 6.07) is 44.3. The predicted octanol–water partition coefficient (Wildman–Crippen LogP) is 9.45. The summed E-state index contributed by atoms with van der Waals surface area (Å²) in [6.07, 6.45) is -0.554. The minimum absolute atomic E-state index is 0.255. The zero-order valence-electron chi connectivity index (χ0n) is 31.7. The second kappa shape index (κ2) is 21.5. The van der Waals surface area contributed by atoms with Gasteiger partial charge in [-0.15, -0.1) is 0 Å². The lowest BCUT2D eigenvalue weighted by Crippen LogP contribution is -2.54. The molecule has 6 rings (SSSR count). The van der Waals surface area contributed by atoms with Gasteiger partial charge in [-0.25, -0.2) is 0 Å². The monoisotopic (exact) mass is 762 g/mol. The van der Waals surface area contributed by atoms with Crippen LogP contribution in [-0.4, -0.2) is 59.1 Å². The van der Waals surface area contributed by atoms with Gasteiger partial charge in [0.05, 0.1) is 54.4 Å². The number of methoxy groups -OCH3 is 3. The summed E-state index contributed by atoms with van der Waals surface area (Å²) >= 11 is 1.61. The third kappa shape index (κ3) is 12.2. The Bertz CT molecular complexity index is 1850. The Labute approximate surface area is 329 Å². The van der Waals surface area contributed by atoms with Crippen molar-refractivity contribution in [1.29, 1.82) is 0 Å². The van der Waals surface area contributed by atoms with Gasteiger partial charge in [-0.3, -0.25) is 0 Å². The summed E-state index contributed by atoms with van der Waals surface area (Å²) in [5.74, 6) is 2.36. The SMILES string of the molecule is COc1ccc(COCC2O[C@H](OCCCc3ccccc3)/C(=C\Sc3ccccc3)C(OCc3ccc(OC)cc3)C2OCc2ccc(OC)cc2)cc1. The van der Waals surface area contributed by atoms with E-state index in [2.05, 4.69) is 41.8 Å². The predicted molar refractivity (Wildman–Crippen MR) is 216 cm³/mol. The van der Waals surface area contributed by atoms with Crippen molar-refractivity contribution in [3.05, 3.63) is 167 Å². The van der Waals surface area contributed by atoms with E-state index in [1.54, 1.807) is 33.1 Å². The molecule has 288 valence electrons. The molecule has 0 radical (unpaired) electrons. The quantitative estimate of drug-likeness (QED) is 0.0570. The van der Waals surface area contributed by atoms with Crippen molar-refractivity contribution < 1.29 is 37.9 Å². The molecule has 1 heterocycles. The molecule has 0 N–H and O–H groups in total. The molecule has 5 aromatic carbocycles. The number of aryl methyl sites for hydroxylation is 1. The summed E-state index contributed by atoms with van der Waals surface area (Å²) < 4.78 is 49.8. The van der Waals surface area contributed by atoms with E-state index in [0.29, 0.717) is 26.4 Å². The van der Waals surface area contributed by atoms with E-state index >= 15 is 0 Å². The molecule has 0 saturated carbocycles. The minimum atomic E-state index is -0.691. The van der Waals surface area contributed by atoms with E-state index in [-0.39, 0.29) is 6.61 Å². The molecule has 1 aliphatic heterocycles. The molecular formula is C46H50O8S. The lowest BCUT2D eigenvalue weighted by molar-refractivity contribution is -0.249. The Morgan fingerprint density at radius 3 is 1.65 bits per heavy atom. The van der Waals surface area contributed by atoms with Crippen molar-refractivity contribution in [1.82, 2.24) is 0 Å². The molecule has 1 saturated heterocycles. The molecule has 0 amide bonds. The minimum Gasteiger partial charge on any atom is -0.497 e. The second-order valence-corrected chi connectivity index (χ2v) is 14.0. The number of hydrogen-bond donors (Lipinski definition) is 0. The third-order valence-corrected chi connectivity index (χ3v) is 10.2. The maximum atomic E-state index is 6.91. The highest BCUT2D eigenvalue weighted by atomic mass is 32.2. The van der Waals surface area contributed by atoms with Crippen LogP contribution in [0.1, 0.15) is 28.7 Å². The van der Waals surface area contributed by atoms with Gasteiger partial charge in [-0.1, -0.05) is 96.7 Å². The van der Waals surface area contributed by atoms with Gasteiger partial charge >= 0.3 is 0 Å². The Morgan fingerprint density at radius 2 is 1.09 bits per heavy atom. The van der Waals surface area contributed by atoms with Crippen molar-refractivity contribution in [2.24, 2.45) is 0 Å². The van der Waals surface area contributed by atoms with Gasteiger partial charge in [0.2, 0.25) is 0 Å².